The molecule has 6 heteroatoms. The van der Waals surface area contributed by atoms with Crippen molar-refractivity contribution in [3.63, 3.8) is 0 Å². The number of halogens is 1. The topological polar surface area (TPSA) is 41.9 Å². The molecule has 4 nitrogen and oxygen atoms in total. The Hall–Kier alpha value is -1.40. The van der Waals surface area contributed by atoms with Gasteiger partial charge < -0.3 is 4.74 Å². The van der Waals surface area contributed by atoms with Gasteiger partial charge in [-0.1, -0.05) is 25.6 Å². The number of carbonyl (C=O) groups is 1. The van der Waals surface area contributed by atoms with Crippen molar-refractivity contribution in [2.75, 3.05) is 20.4 Å². The Balaban J connectivity index is 0.00000109. The van der Waals surface area contributed by atoms with E-state index in [1.165, 1.54) is 11.8 Å². The third kappa shape index (κ3) is 2.83. The van der Waals surface area contributed by atoms with E-state index >= 15 is 0 Å². The third-order valence-corrected chi connectivity index (χ3v) is 7.37. The average Bonchev–Trinajstić information content (AvgIpc) is 3.12. The molecule has 3 aliphatic rings. The standard InChI is InChI=1S/C20H25FN2O2S.C2H6/c1-12-9-15-13(10-16(12)21)11-19(7-5-14(25-3)6-8-19)20(15)17(24)23(2)18(22-20)26-4;1-2/h9-10,14H,5-8,11H2,1-4H3;1-2H3. The quantitative estimate of drug-likeness (QED) is 0.680. The van der Waals surface area contributed by atoms with Crippen LogP contribution in [0, 0.1) is 18.2 Å². The Bertz CT molecular complexity index is 802. The SMILES string of the molecule is CC.COC1CCC2(CC1)Cc1cc(F)c(C)cc1C21N=C(SC)N(C)C1=O. The lowest BCUT2D eigenvalue weighted by Crippen LogP contribution is -2.51. The number of benzene rings is 1. The van der Waals surface area contributed by atoms with Crippen molar-refractivity contribution >= 4 is 22.8 Å². The van der Waals surface area contributed by atoms with Gasteiger partial charge in [-0.15, -0.1) is 0 Å². The first-order valence-corrected chi connectivity index (χ1v) is 11.4. The number of hydrogen-bond acceptors (Lipinski definition) is 4. The van der Waals surface area contributed by atoms with Crippen molar-refractivity contribution in [1.29, 1.82) is 0 Å². The summed E-state index contributed by atoms with van der Waals surface area (Å²) in [7, 11) is 3.55. The lowest BCUT2D eigenvalue weighted by molar-refractivity contribution is -0.137. The van der Waals surface area contributed by atoms with E-state index in [0.29, 0.717) is 12.0 Å². The fourth-order valence-corrected chi connectivity index (χ4v) is 5.79. The molecule has 0 aromatic heterocycles. The maximum Gasteiger partial charge on any atom is 0.261 e. The summed E-state index contributed by atoms with van der Waals surface area (Å²) in [4.78, 5) is 20.3. The van der Waals surface area contributed by atoms with E-state index in [1.807, 2.05) is 26.2 Å². The first kappa shape index (κ1) is 21.3. The Kier molecular flexibility index (Phi) is 5.93. The Morgan fingerprint density at radius 3 is 2.46 bits per heavy atom. The molecule has 154 valence electrons. The normalized spacial score (nSPS) is 31.1. The number of nitrogens with zero attached hydrogens (tertiary/aromatic N) is 2. The Morgan fingerprint density at radius 1 is 1.29 bits per heavy atom. The number of amides is 1. The molecule has 0 radical (unpaired) electrons. The maximum absolute atomic E-state index is 14.3. The number of hydrogen-bond donors (Lipinski definition) is 0. The largest absolute Gasteiger partial charge is 0.381 e. The minimum Gasteiger partial charge on any atom is -0.381 e. The summed E-state index contributed by atoms with van der Waals surface area (Å²) in [6.45, 7) is 5.76. The van der Waals surface area contributed by atoms with Crippen LogP contribution in [0.2, 0.25) is 0 Å². The van der Waals surface area contributed by atoms with E-state index in [-0.39, 0.29) is 23.2 Å². The van der Waals surface area contributed by atoms with Crippen molar-refractivity contribution in [1.82, 2.24) is 4.90 Å². The number of ether oxygens (including phenoxy) is 1. The molecule has 1 aromatic rings. The van der Waals surface area contributed by atoms with E-state index in [4.69, 9.17) is 9.73 Å². The second kappa shape index (κ2) is 7.79. The number of likely N-dealkylation sites (N-methyl/N-ethyl adjacent to an activating group) is 1. The second-order valence-corrected chi connectivity index (χ2v) is 8.60. The van der Waals surface area contributed by atoms with Crippen LogP contribution in [0.15, 0.2) is 17.1 Å². The van der Waals surface area contributed by atoms with Crippen LogP contribution in [0.5, 0.6) is 0 Å². The molecule has 0 bridgehead atoms. The van der Waals surface area contributed by atoms with E-state index in [0.717, 1.165) is 42.0 Å². The van der Waals surface area contributed by atoms with Crippen molar-refractivity contribution in [3.8, 4) is 0 Å². The minimum absolute atomic E-state index is 0.0301. The molecule has 0 saturated heterocycles. The monoisotopic (exact) mass is 406 g/mol. The molecular weight excluding hydrogens is 375 g/mol. The summed E-state index contributed by atoms with van der Waals surface area (Å²) in [6, 6.07) is 3.49. The fraction of sp³-hybridized carbons (Fsp3) is 0.636. The molecule has 1 saturated carbocycles. The molecule has 1 amide bonds. The van der Waals surface area contributed by atoms with Crippen molar-refractivity contribution in [2.45, 2.75) is 64.5 Å². The molecule has 28 heavy (non-hydrogen) atoms. The fourth-order valence-electron chi connectivity index (χ4n) is 5.20. The number of rotatable bonds is 1. The molecule has 2 spiro atoms. The van der Waals surface area contributed by atoms with Gasteiger partial charge in [0, 0.05) is 19.6 Å². The zero-order chi connectivity index (χ0) is 20.7. The molecule has 1 aliphatic heterocycles. The summed E-state index contributed by atoms with van der Waals surface area (Å²) in [6.07, 6.45) is 6.45. The summed E-state index contributed by atoms with van der Waals surface area (Å²) < 4.78 is 19.8. The van der Waals surface area contributed by atoms with Crippen LogP contribution in [0.4, 0.5) is 4.39 Å². The van der Waals surface area contributed by atoms with E-state index in [2.05, 4.69) is 0 Å². The molecular formula is C22H31FN2O2S. The predicted octanol–water partition coefficient (Wildman–Crippen LogP) is 4.68. The first-order valence-electron chi connectivity index (χ1n) is 10.1. The van der Waals surface area contributed by atoms with Crippen molar-refractivity contribution < 1.29 is 13.9 Å². The van der Waals surface area contributed by atoms with Crippen LogP contribution in [-0.2, 0) is 21.5 Å². The van der Waals surface area contributed by atoms with Gasteiger partial charge in [-0.2, -0.15) is 0 Å². The van der Waals surface area contributed by atoms with Crippen LogP contribution in [0.1, 0.15) is 56.2 Å². The van der Waals surface area contributed by atoms with Crippen molar-refractivity contribution in [3.05, 3.63) is 34.6 Å². The number of fused-ring (bicyclic) bond motifs is 3. The number of amidine groups is 1. The zero-order valence-electron chi connectivity index (χ0n) is 17.8. The molecule has 1 aromatic carbocycles. The maximum atomic E-state index is 14.3. The molecule has 1 fully saturated rings. The Morgan fingerprint density at radius 2 is 1.93 bits per heavy atom. The number of aliphatic imine (C=N–C) groups is 1. The molecule has 1 atom stereocenters. The van der Waals surface area contributed by atoms with E-state index < -0.39 is 5.54 Å². The number of methoxy groups -OCH3 is 1. The van der Waals surface area contributed by atoms with Crippen molar-refractivity contribution in [2.24, 2.45) is 10.4 Å². The first-order chi connectivity index (χ1) is 13.4. The lowest BCUT2D eigenvalue weighted by atomic mass is 9.61. The summed E-state index contributed by atoms with van der Waals surface area (Å²) in [5.41, 5.74) is 1.24. The highest BCUT2D eigenvalue weighted by Crippen LogP contribution is 2.62. The Labute approximate surface area is 171 Å². The van der Waals surface area contributed by atoms with Gasteiger partial charge in [-0.25, -0.2) is 9.38 Å². The molecule has 1 heterocycles. The van der Waals surface area contributed by atoms with Crippen LogP contribution in [-0.4, -0.2) is 42.5 Å². The van der Waals surface area contributed by atoms with Gasteiger partial charge in [0.2, 0.25) is 0 Å². The van der Waals surface area contributed by atoms with Crippen LogP contribution < -0.4 is 0 Å². The smallest absolute Gasteiger partial charge is 0.261 e. The van der Waals surface area contributed by atoms with Gasteiger partial charge in [0.25, 0.3) is 5.91 Å². The molecule has 0 N–H and O–H groups in total. The van der Waals surface area contributed by atoms with Crippen LogP contribution >= 0.6 is 11.8 Å². The van der Waals surface area contributed by atoms with Crippen LogP contribution in [0.3, 0.4) is 0 Å². The van der Waals surface area contributed by atoms with Gasteiger partial charge in [-0.05, 0) is 74.1 Å². The van der Waals surface area contributed by atoms with E-state index in [1.54, 1.807) is 32.0 Å². The van der Waals surface area contributed by atoms with Gasteiger partial charge >= 0.3 is 0 Å². The van der Waals surface area contributed by atoms with Gasteiger partial charge in [0.1, 0.15) is 5.82 Å². The summed E-state index contributed by atoms with van der Waals surface area (Å²) in [5, 5.41) is 0.748. The second-order valence-electron chi connectivity index (χ2n) is 7.82. The number of thioether (sulfide) groups is 1. The summed E-state index contributed by atoms with van der Waals surface area (Å²) in [5.74, 6) is -0.170. The highest BCUT2D eigenvalue weighted by molar-refractivity contribution is 8.13. The van der Waals surface area contributed by atoms with Gasteiger partial charge in [-0.3, -0.25) is 9.69 Å². The lowest BCUT2D eigenvalue weighted by Gasteiger charge is -2.45. The summed E-state index contributed by atoms with van der Waals surface area (Å²) >= 11 is 1.50. The predicted molar refractivity (Wildman–Crippen MR) is 113 cm³/mol. The average molecular weight is 407 g/mol. The number of aryl methyl sites for hydroxylation is 1. The highest BCUT2D eigenvalue weighted by atomic mass is 32.2. The van der Waals surface area contributed by atoms with Gasteiger partial charge in [0.15, 0.2) is 10.7 Å². The third-order valence-electron chi connectivity index (χ3n) is 6.64. The van der Waals surface area contributed by atoms with Gasteiger partial charge in [0.05, 0.1) is 6.10 Å². The van der Waals surface area contributed by atoms with Crippen LogP contribution in [0.25, 0.3) is 0 Å². The molecule has 2 aliphatic carbocycles. The molecule has 4 rings (SSSR count). The highest BCUT2D eigenvalue weighted by Gasteiger charge is 2.66. The number of carbonyl (C=O) groups excluding carboxylic acids is 1. The minimum atomic E-state index is -0.910. The zero-order valence-corrected chi connectivity index (χ0v) is 18.6. The van der Waals surface area contributed by atoms with E-state index in [9.17, 15) is 9.18 Å². The molecule has 1 unspecified atom stereocenters.